The Hall–Kier alpha value is -2.55. The first-order valence-corrected chi connectivity index (χ1v) is 7.66. The number of hydrogen-bond donors (Lipinski definition) is 2. The highest BCUT2D eigenvalue weighted by Gasteiger charge is 2.36. The number of amides is 4. The summed E-state index contributed by atoms with van der Waals surface area (Å²) >= 11 is 3.66. The lowest BCUT2D eigenvalue weighted by atomic mass is 10.1. The van der Waals surface area contributed by atoms with Crippen LogP contribution in [0, 0.1) is 0 Å². The summed E-state index contributed by atoms with van der Waals surface area (Å²) in [5.41, 5.74) is 0.512. The lowest BCUT2D eigenvalue weighted by Crippen LogP contribution is -2.58. The maximum Gasteiger partial charge on any atom is 0.325 e. The van der Waals surface area contributed by atoms with Gasteiger partial charge in [-0.05, 0) is 24.6 Å². The van der Waals surface area contributed by atoms with E-state index in [2.05, 4.69) is 18.2 Å². The molecule has 0 aliphatic carbocycles. The lowest BCUT2D eigenvalue weighted by molar-refractivity contribution is -0.153. The van der Waals surface area contributed by atoms with Crippen LogP contribution in [0.2, 0.25) is 0 Å². The zero-order chi connectivity index (χ0) is 17.7. The second kappa shape index (κ2) is 7.82. The maximum absolute atomic E-state index is 12.2. The van der Waals surface area contributed by atoms with Crippen LogP contribution >= 0.6 is 12.9 Å². The Morgan fingerprint density at radius 3 is 2.50 bits per heavy atom. The normalized spacial score (nSPS) is 15.9. The molecule has 1 atom stereocenters. The molecule has 128 valence electrons. The summed E-state index contributed by atoms with van der Waals surface area (Å²) in [6.07, 6.45) is 0.545. The van der Waals surface area contributed by atoms with Gasteiger partial charge >= 0.3 is 17.8 Å². The second-order valence-corrected chi connectivity index (χ2v) is 5.25. The van der Waals surface area contributed by atoms with Crippen molar-refractivity contribution in [2.45, 2.75) is 13.0 Å². The van der Waals surface area contributed by atoms with Crippen LogP contribution in [0.25, 0.3) is 0 Å². The van der Waals surface area contributed by atoms with Crippen molar-refractivity contribution in [1.29, 1.82) is 0 Å². The van der Waals surface area contributed by atoms with Gasteiger partial charge in [0.15, 0.2) is 0 Å². The Morgan fingerprint density at radius 2 is 1.96 bits per heavy atom. The summed E-state index contributed by atoms with van der Waals surface area (Å²) in [5.74, 6) is -1.14. The van der Waals surface area contributed by atoms with Crippen molar-refractivity contribution < 1.29 is 23.4 Å². The molecule has 1 unspecified atom stereocenters. The molecule has 9 heteroatoms. The number of nitrogens with one attached hydrogen (secondary N) is 1. The smallest absolute Gasteiger partial charge is 0.325 e. The van der Waals surface area contributed by atoms with E-state index < -0.39 is 23.9 Å². The van der Waals surface area contributed by atoms with E-state index >= 15 is 0 Å². The fraction of sp³-hybridized carbons (Fsp3) is 0.333. The summed E-state index contributed by atoms with van der Waals surface area (Å²) in [5, 5.41) is 2.44. The Morgan fingerprint density at radius 1 is 1.29 bits per heavy atom. The van der Waals surface area contributed by atoms with Gasteiger partial charge in [0.25, 0.3) is 0 Å². The Balaban J connectivity index is 2.07. The minimum atomic E-state index is -0.946. The van der Waals surface area contributed by atoms with Gasteiger partial charge < -0.3 is 19.2 Å². The van der Waals surface area contributed by atoms with Crippen LogP contribution in [0.15, 0.2) is 24.3 Å². The highest BCUT2D eigenvalue weighted by molar-refractivity contribution is 7.75. The molecule has 1 heterocycles. The number of urea groups is 1. The maximum atomic E-state index is 12.2. The third-order valence-corrected chi connectivity index (χ3v) is 3.91. The number of piperazine rings is 1. The summed E-state index contributed by atoms with van der Waals surface area (Å²) in [4.78, 5) is 49.5. The number of aldehydes is 1. The summed E-state index contributed by atoms with van der Waals surface area (Å²) < 4.78 is 4.73. The number of benzene rings is 1. The Labute approximate surface area is 144 Å². The first-order chi connectivity index (χ1) is 11.5. The zero-order valence-electron chi connectivity index (χ0n) is 13.0. The molecule has 0 spiro atoms. The van der Waals surface area contributed by atoms with E-state index in [1.807, 2.05) is 0 Å². The van der Waals surface area contributed by atoms with Gasteiger partial charge in [-0.1, -0.05) is 12.1 Å². The van der Waals surface area contributed by atoms with Crippen LogP contribution < -0.4 is 9.50 Å². The summed E-state index contributed by atoms with van der Waals surface area (Å²) in [7, 11) is 0. The first kappa shape index (κ1) is 17.8. The van der Waals surface area contributed by atoms with E-state index in [9.17, 15) is 19.2 Å². The predicted molar refractivity (Wildman–Crippen MR) is 87.4 cm³/mol. The minimum Gasteiger partial charge on any atom is -0.429 e. The fourth-order valence-corrected chi connectivity index (χ4v) is 2.43. The molecule has 2 rings (SSSR count). The van der Waals surface area contributed by atoms with Gasteiger partial charge in [-0.2, -0.15) is 0 Å². The molecule has 0 bridgehead atoms. The number of imide groups is 1. The number of thiol groups is 1. The number of likely N-dealkylation sites (N-methyl/N-ethyl adjacent to an activating group) is 1. The van der Waals surface area contributed by atoms with Crippen molar-refractivity contribution >= 4 is 37.0 Å². The van der Waals surface area contributed by atoms with Crippen LogP contribution in [-0.2, 0) is 14.4 Å². The molecule has 0 saturated carbocycles. The SMILES string of the molecule is CCN1CCN(C(=O)NC(C=O)c2ccc(OS)cc2)C(=O)C1=O. The fourth-order valence-electron chi connectivity index (χ4n) is 2.31. The van der Waals surface area contributed by atoms with Gasteiger partial charge in [0.05, 0.1) is 0 Å². The van der Waals surface area contributed by atoms with E-state index in [-0.39, 0.29) is 13.1 Å². The second-order valence-electron chi connectivity index (χ2n) is 5.07. The van der Waals surface area contributed by atoms with Gasteiger partial charge in [0.1, 0.15) is 18.1 Å². The predicted octanol–water partition coefficient (Wildman–Crippen LogP) is 0.550. The van der Waals surface area contributed by atoms with Crippen molar-refractivity contribution in [3.63, 3.8) is 0 Å². The first-order valence-electron chi connectivity index (χ1n) is 7.29. The molecular formula is C15H17N3O5S. The average molecular weight is 351 g/mol. The molecule has 1 N–H and O–H groups in total. The third-order valence-electron chi connectivity index (χ3n) is 3.70. The van der Waals surface area contributed by atoms with E-state index in [1.54, 1.807) is 31.2 Å². The van der Waals surface area contributed by atoms with Crippen LogP contribution in [0.1, 0.15) is 18.5 Å². The van der Waals surface area contributed by atoms with E-state index in [4.69, 9.17) is 4.18 Å². The zero-order valence-corrected chi connectivity index (χ0v) is 13.9. The molecule has 0 aromatic heterocycles. The largest absolute Gasteiger partial charge is 0.429 e. The molecule has 1 aliphatic rings. The average Bonchev–Trinajstić information content (AvgIpc) is 2.61. The van der Waals surface area contributed by atoms with E-state index in [0.717, 1.165) is 4.90 Å². The van der Waals surface area contributed by atoms with Gasteiger partial charge in [-0.15, -0.1) is 0 Å². The molecule has 1 saturated heterocycles. The van der Waals surface area contributed by atoms with Gasteiger partial charge in [0.2, 0.25) is 0 Å². The number of carbonyl (C=O) groups excluding carboxylic acids is 4. The molecule has 4 amide bonds. The standard InChI is InChI=1S/C15H17N3O5S/c1-2-17-7-8-18(14(21)13(17)20)15(22)16-12(9-19)10-3-5-11(23-24)6-4-10/h3-6,9,12,24H,2,7-8H2,1H3,(H,16,22). The van der Waals surface area contributed by atoms with Crippen molar-refractivity contribution in [3.05, 3.63) is 29.8 Å². The van der Waals surface area contributed by atoms with Crippen LogP contribution in [0.4, 0.5) is 4.79 Å². The molecule has 1 aliphatic heterocycles. The molecular weight excluding hydrogens is 334 g/mol. The van der Waals surface area contributed by atoms with Crippen molar-refractivity contribution in [2.75, 3.05) is 19.6 Å². The van der Waals surface area contributed by atoms with E-state index in [1.165, 1.54) is 4.90 Å². The van der Waals surface area contributed by atoms with Crippen LogP contribution in [0.3, 0.4) is 0 Å². The summed E-state index contributed by atoms with van der Waals surface area (Å²) in [6, 6.07) is 4.62. The quantitative estimate of drug-likeness (QED) is 0.350. The van der Waals surface area contributed by atoms with Gasteiger partial charge in [0, 0.05) is 32.5 Å². The number of hydrogen-bond acceptors (Lipinski definition) is 6. The third kappa shape index (κ3) is 3.67. The van der Waals surface area contributed by atoms with Crippen LogP contribution in [0.5, 0.6) is 5.75 Å². The van der Waals surface area contributed by atoms with Gasteiger partial charge in [-0.25, -0.2) is 4.79 Å². The van der Waals surface area contributed by atoms with Gasteiger partial charge in [-0.3, -0.25) is 14.5 Å². The Kier molecular flexibility index (Phi) is 5.80. The number of carbonyl (C=O) groups is 4. The molecule has 0 radical (unpaired) electrons. The molecule has 1 fully saturated rings. The van der Waals surface area contributed by atoms with E-state index in [0.29, 0.717) is 24.1 Å². The Bertz CT molecular complexity index is 649. The van der Waals surface area contributed by atoms with Crippen LogP contribution in [-0.4, -0.2) is 53.6 Å². The van der Waals surface area contributed by atoms with Crippen molar-refractivity contribution in [2.24, 2.45) is 0 Å². The lowest BCUT2D eigenvalue weighted by Gasteiger charge is -2.32. The molecule has 24 heavy (non-hydrogen) atoms. The molecule has 1 aromatic rings. The number of nitrogens with zero attached hydrogens (tertiary/aromatic N) is 2. The minimum absolute atomic E-state index is 0.0856. The highest BCUT2D eigenvalue weighted by Crippen LogP contribution is 2.18. The highest BCUT2D eigenvalue weighted by atomic mass is 32.1. The van der Waals surface area contributed by atoms with Crippen molar-refractivity contribution in [1.82, 2.24) is 15.1 Å². The van der Waals surface area contributed by atoms with Crippen molar-refractivity contribution in [3.8, 4) is 5.75 Å². The monoisotopic (exact) mass is 351 g/mol. The number of rotatable bonds is 5. The molecule has 8 nitrogen and oxygen atoms in total. The summed E-state index contributed by atoms with van der Waals surface area (Å²) in [6.45, 7) is 2.51. The topological polar surface area (TPSA) is 96.0 Å². The molecule has 1 aromatic carbocycles.